The van der Waals surface area contributed by atoms with Crippen LogP contribution in [0, 0.1) is 13.8 Å². The van der Waals surface area contributed by atoms with Crippen molar-refractivity contribution < 1.29 is 9.59 Å². The Bertz CT molecular complexity index is 554. The molecule has 1 unspecified atom stereocenters. The normalized spacial score (nSPS) is 19.0. The minimum absolute atomic E-state index is 0.0671. The summed E-state index contributed by atoms with van der Waals surface area (Å²) in [6.07, 6.45) is 3.67. The van der Waals surface area contributed by atoms with Crippen LogP contribution in [0.3, 0.4) is 0 Å². The highest BCUT2D eigenvalue weighted by atomic mass is 16.2. The predicted octanol–water partition coefficient (Wildman–Crippen LogP) is 2.82. The van der Waals surface area contributed by atoms with Crippen molar-refractivity contribution in [3.8, 4) is 0 Å². The van der Waals surface area contributed by atoms with Crippen molar-refractivity contribution in [1.29, 1.82) is 0 Å². The lowest BCUT2D eigenvalue weighted by Crippen LogP contribution is -2.47. The second-order valence-corrected chi connectivity index (χ2v) is 6.17. The lowest BCUT2D eigenvalue weighted by Gasteiger charge is -2.24. The van der Waals surface area contributed by atoms with Crippen molar-refractivity contribution in [1.82, 2.24) is 10.2 Å². The predicted molar refractivity (Wildman–Crippen MR) is 87.9 cm³/mol. The summed E-state index contributed by atoms with van der Waals surface area (Å²) in [5, 5.41) is 2.94. The first-order chi connectivity index (χ1) is 10.5. The Labute approximate surface area is 132 Å². The lowest BCUT2D eigenvalue weighted by atomic mass is 10.0. The molecular formula is C18H26N2O2. The molecule has 1 aliphatic heterocycles. The van der Waals surface area contributed by atoms with Crippen LogP contribution in [0.25, 0.3) is 0 Å². The lowest BCUT2D eigenvalue weighted by molar-refractivity contribution is -0.132. The van der Waals surface area contributed by atoms with Crippen LogP contribution < -0.4 is 5.32 Å². The number of hydrogen-bond donors (Lipinski definition) is 1. The minimum Gasteiger partial charge on any atom is -0.341 e. The molecule has 1 atom stereocenters. The van der Waals surface area contributed by atoms with Gasteiger partial charge in [-0.15, -0.1) is 0 Å². The van der Waals surface area contributed by atoms with E-state index < -0.39 is 0 Å². The first-order valence-electron chi connectivity index (χ1n) is 8.20. The third kappa shape index (κ3) is 3.87. The molecule has 2 amide bonds. The molecule has 1 aromatic carbocycles. The minimum atomic E-state index is -0.387. The summed E-state index contributed by atoms with van der Waals surface area (Å²) in [5.74, 6) is -0.0772. The first kappa shape index (κ1) is 16.5. The molecule has 0 saturated carbocycles. The van der Waals surface area contributed by atoms with Gasteiger partial charge in [0.25, 0.3) is 5.91 Å². The van der Waals surface area contributed by atoms with Crippen molar-refractivity contribution >= 4 is 11.8 Å². The number of aryl methyl sites for hydroxylation is 2. The highest BCUT2D eigenvalue weighted by molar-refractivity contribution is 5.98. The van der Waals surface area contributed by atoms with Gasteiger partial charge in [0.05, 0.1) is 0 Å². The van der Waals surface area contributed by atoms with Crippen molar-refractivity contribution in [2.24, 2.45) is 0 Å². The number of rotatable bonds is 4. The van der Waals surface area contributed by atoms with Gasteiger partial charge in [0.2, 0.25) is 5.91 Å². The Kier molecular flexibility index (Phi) is 5.58. The van der Waals surface area contributed by atoms with Gasteiger partial charge in [0.15, 0.2) is 0 Å². The van der Waals surface area contributed by atoms with Crippen LogP contribution >= 0.6 is 0 Å². The number of amides is 2. The van der Waals surface area contributed by atoms with E-state index in [9.17, 15) is 9.59 Å². The molecule has 1 aliphatic rings. The number of nitrogens with zero attached hydrogens (tertiary/aromatic N) is 1. The Hall–Kier alpha value is -1.84. The zero-order valence-corrected chi connectivity index (χ0v) is 13.8. The molecule has 1 N–H and O–H groups in total. The number of carbonyl (C=O) groups is 2. The molecule has 0 spiro atoms. The van der Waals surface area contributed by atoms with E-state index in [-0.39, 0.29) is 17.9 Å². The molecule has 1 saturated heterocycles. The second-order valence-electron chi connectivity index (χ2n) is 6.17. The number of likely N-dealkylation sites (tertiary alicyclic amines) is 1. The molecular weight excluding hydrogens is 276 g/mol. The van der Waals surface area contributed by atoms with Crippen molar-refractivity contribution in [2.75, 3.05) is 13.1 Å². The van der Waals surface area contributed by atoms with Gasteiger partial charge in [0.1, 0.15) is 6.04 Å². The maximum absolute atomic E-state index is 12.6. The van der Waals surface area contributed by atoms with Crippen LogP contribution in [0.5, 0.6) is 0 Å². The van der Waals surface area contributed by atoms with E-state index in [1.54, 1.807) is 0 Å². The zero-order chi connectivity index (χ0) is 16.1. The fraction of sp³-hybridized carbons (Fsp3) is 0.556. The second kappa shape index (κ2) is 7.43. The van der Waals surface area contributed by atoms with E-state index in [4.69, 9.17) is 0 Å². The fourth-order valence-electron chi connectivity index (χ4n) is 3.04. The molecule has 1 aromatic rings. The largest absolute Gasteiger partial charge is 0.341 e. The van der Waals surface area contributed by atoms with E-state index >= 15 is 0 Å². The van der Waals surface area contributed by atoms with Crippen LogP contribution in [0.15, 0.2) is 18.2 Å². The van der Waals surface area contributed by atoms with Crippen LogP contribution in [0.1, 0.15) is 54.1 Å². The van der Waals surface area contributed by atoms with E-state index in [0.29, 0.717) is 5.56 Å². The number of carbonyl (C=O) groups excluding carboxylic acids is 2. The highest BCUT2D eigenvalue weighted by Gasteiger charge is 2.28. The van der Waals surface area contributed by atoms with E-state index in [0.717, 1.165) is 49.9 Å². The molecule has 4 nitrogen and oxygen atoms in total. The van der Waals surface area contributed by atoms with E-state index in [1.165, 1.54) is 0 Å². The molecule has 1 fully saturated rings. The topological polar surface area (TPSA) is 49.4 Å². The maximum atomic E-state index is 12.6. The average molecular weight is 302 g/mol. The quantitative estimate of drug-likeness (QED) is 0.930. The van der Waals surface area contributed by atoms with Gasteiger partial charge < -0.3 is 10.2 Å². The van der Waals surface area contributed by atoms with Crippen LogP contribution in [0.2, 0.25) is 0 Å². The zero-order valence-electron chi connectivity index (χ0n) is 13.8. The Morgan fingerprint density at radius 2 is 2.09 bits per heavy atom. The molecule has 0 aliphatic carbocycles. The summed E-state index contributed by atoms with van der Waals surface area (Å²) in [6.45, 7) is 7.59. The summed E-state index contributed by atoms with van der Waals surface area (Å²) in [4.78, 5) is 26.9. The average Bonchev–Trinajstić information content (AvgIpc) is 2.63. The molecule has 4 heteroatoms. The Morgan fingerprint density at radius 1 is 1.32 bits per heavy atom. The van der Waals surface area contributed by atoms with Gasteiger partial charge in [-0.25, -0.2) is 0 Å². The summed E-state index contributed by atoms with van der Waals surface area (Å²) in [5.41, 5.74) is 2.74. The van der Waals surface area contributed by atoms with Gasteiger partial charge in [-0.1, -0.05) is 24.6 Å². The molecule has 0 aromatic heterocycles. The third-order valence-electron chi connectivity index (χ3n) is 4.21. The smallest absolute Gasteiger partial charge is 0.252 e. The monoisotopic (exact) mass is 302 g/mol. The number of benzene rings is 1. The Balaban J connectivity index is 2.10. The van der Waals surface area contributed by atoms with Gasteiger partial charge in [0, 0.05) is 18.7 Å². The summed E-state index contributed by atoms with van der Waals surface area (Å²) >= 11 is 0. The number of nitrogens with one attached hydrogen (secondary N) is 1. The summed E-state index contributed by atoms with van der Waals surface area (Å²) in [7, 11) is 0. The van der Waals surface area contributed by atoms with Gasteiger partial charge in [-0.2, -0.15) is 0 Å². The SMILES string of the molecule is CCCN1CCCCC(NC(=O)c2ccc(C)cc2C)C1=O. The van der Waals surface area contributed by atoms with Crippen molar-refractivity contribution in [3.05, 3.63) is 34.9 Å². The molecule has 2 rings (SSSR count). The Morgan fingerprint density at radius 3 is 2.77 bits per heavy atom. The van der Waals surface area contributed by atoms with Crippen molar-refractivity contribution in [3.63, 3.8) is 0 Å². The van der Waals surface area contributed by atoms with Gasteiger partial charge >= 0.3 is 0 Å². The van der Waals surface area contributed by atoms with E-state index in [1.807, 2.05) is 36.9 Å². The molecule has 120 valence electrons. The molecule has 22 heavy (non-hydrogen) atoms. The number of hydrogen-bond acceptors (Lipinski definition) is 2. The molecule has 0 radical (unpaired) electrons. The van der Waals surface area contributed by atoms with E-state index in [2.05, 4.69) is 12.2 Å². The highest BCUT2D eigenvalue weighted by Crippen LogP contribution is 2.15. The summed E-state index contributed by atoms with van der Waals surface area (Å²) in [6, 6.07) is 5.38. The third-order valence-corrected chi connectivity index (χ3v) is 4.21. The van der Waals surface area contributed by atoms with Gasteiger partial charge in [-0.05, 0) is 51.2 Å². The molecule has 0 bridgehead atoms. The van der Waals surface area contributed by atoms with Gasteiger partial charge in [-0.3, -0.25) is 9.59 Å². The maximum Gasteiger partial charge on any atom is 0.252 e. The van der Waals surface area contributed by atoms with Crippen LogP contribution in [0.4, 0.5) is 0 Å². The summed E-state index contributed by atoms with van der Waals surface area (Å²) < 4.78 is 0. The van der Waals surface area contributed by atoms with Crippen LogP contribution in [-0.4, -0.2) is 35.8 Å². The van der Waals surface area contributed by atoms with Crippen LogP contribution in [-0.2, 0) is 4.79 Å². The first-order valence-corrected chi connectivity index (χ1v) is 8.20. The van der Waals surface area contributed by atoms with Crippen molar-refractivity contribution in [2.45, 2.75) is 52.5 Å². The standard InChI is InChI=1S/C18H26N2O2/c1-4-10-20-11-6-5-7-16(18(20)22)19-17(21)15-9-8-13(2)12-14(15)3/h8-9,12,16H,4-7,10-11H2,1-3H3,(H,19,21). The fourth-order valence-corrected chi connectivity index (χ4v) is 3.04. The molecule has 1 heterocycles.